The molecular weight excluding hydrogens is 232 g/mol. The highest BCUT2D eigenvalue weighted by atomic mass is 35.5. The molecule has 0 aromatic heterocycles. The van der Waals surface area contributed by atoms with Crippen molar-refractivity contribution in [2.75, 3.05) is 19.6 Å². The third kappa shape index (κ3) is 3.24. The lowest BCUT2D eigenvalue weighted by atomic mass is 9.73. The van der Waals surface area contributed by atoms with Crippen LogP contribution in [0.15, 0.2) is 11.6 Å². The first-order chi connectivity index (χ1) is 8.08. The van der Waals surface area contributed by atoms with Crippen LogP contribution in [0.2, 0.25) is 0 Å². The van der Waals surface area contributed by atoms with Crippen LogP contribution < -0.4 is 5.32 Å². The SMILES string of the molecule is C=C(Cl)CNC1C2CCCC1CN(C(C)C)C2. The number of hydrogen-bond donors (Lipinski definition) is 1. The maximum Gasteiger partial charge on any atom is 0.0310 e. The van der Waals surface area contributed by atoms with Gasteiger partial charge in [0.15, 0.2) is 0 Å². The molecule has 1 aliphatic carbocycles. The molecule has 2 bridgehead atoms. The van der Waals surface area contributed by atoms with Gasteiger partial charge in [0.25, 0.3) is 0 Å². The highest BCUT2D eigenvalue weighted by molar-refractivity contribution is 6.29. The Kier molecular flexibility index (Phi) is 4.51. The normalized spacial score (nSPS) is 34.0. The molecule has 0 radical (unpaired) electrons. The van der Waals surface area contributed by atoms with Crippen LogP contribution in [-0.2, 0) is 0 Å². The van der Waals surface area contributed by atoms with Crippen molar-refractivity contribution in [1.82, 2.24) is 10.2 Å². The minimum absolute atomic E-state index is 0.661. The second kappa shape index (κ2) is 5.73. The van der Waals surface area contributed by atoms with Gasteiger partial charge in [-0.05, 0) is 38.5 Å². The highest BCUT2D eigenvalue weighted by Crippen LogP contribution is 2.35. The molecule has 2 nitrogen and oxygen atoms in total. The van der Waals surface area contributed by atoms with Crippen molar-refractivity contribution in [1.29, 1.82) is 0 Å². The van der Waals surface area contributed by atoms with Crippen LogP contribution in [0.1, 0.15) is 33.1 Å². The van der Waals surface area contributed by atoms with Crippen molar-refractivity contribution in [3.63, 3.8) is 0 Å². The molecule has 2 atom stereocenters. The van der Waals surface area contributed by atoms with Crippen LogP contribution in [0.4, 0.5) is 0 Å². The second-order valence-corrected chi connectivity index (χ2v) is 6.46. The number of piperidine rings is 1. The number of halogens is 1. The fraction of sp³-hybridized carbons (Fsp3) is 0.857. The average Bonchev–Trinajstić information content (AvgIpc) is 2.24. The maximum absolute atomic E-state index is 5.87. The number of rotatable bonds is 4. The zero-order valence-electron chi connectivity index (χ0n) is 11.1. The molecule has 0 amide bonds. The van der Waals surface area contributed by atoms with Crippen molar-refractivity contribution in [3.8, 4) is 0 Å². The van der Waals surface area contributed by atoms with E-state index < -0.39 is 0 Å². The van der Waals surface area contributed by atoms with E-state index in [4.69, 9.17) is 11.6 Å². The van der Waals surface area contributed by atoms with Crippen LogP contribution in [0, 0.1) is 11.8 Å². The van der Waals surface area contributed by atoms with Gasteiger partial charge in [0.2, 0.25) is 0 Å². The fourth-order valence-corrected chi connectivity index (χ4v) is 3.53. The molecule has 2 rings (SSSR count). The molecule has 2 fully saturated rings. The monoisotopic (exact) mass is 256 g/mol. The highest BCUT2D eigenvalue weighted by Gasteiger charge is 2.39. The van der Waals surface area contributed by atoms with Crippen LogP contribution in [0.25, 0.3) is 0 Å². The summed E-state index contributed by atoms with van der Waals surface area (Å²) >= 11 is 5.87. The van der Waals surface area contributed by atoms with Gasteiger partial charge in [-0.15, -0.1) is 0 Å². The topological polar surface area (TPSA) is 15.3 Å². The summed E-state index contributed by atoms with van der Waals surface area (Å²) in [4.78, 5) is 2.64. The lowest BCUT2D eigenvalue weighted by Crippen LogP contribution is -2.58. The molecule has 2 unspecified atom stereocenters. The minimum Gasteiger partial charge on any atom is -0.308 e. The summed E-state index contributed by atoms with van der Waals surface area (Å²) in [7, 11) is 0. The predicted molar refractivity (Wildman–Crippen MR) is 74.3 cm³/mol. The Balaban J connectivity index is 1.97. The summed E-state index contributed by atoms with van der Waals surface area (Å²) < 4.78 is 0. The summed E-state index contributed by atoms with van der Waals surface area (Å²) in [6.07, 6.45) is 4.14. The van der Waals surface area contributed by atoms with E-state index in [2.05, 4.69) is 30.6 Å². The van der Waals surface area contributed by atoms with E-state index in [0.717, 1.165) is 23.4 Å². The third-order valence-corrected chi connectivity index (χ3v) is 4.50. The fourth-order valence-electron chi connectivity index (χ4n) is 3.46. The molecule has 1 saturated heterocycles. The number of nitrogens with one attached hydrogen (secondary N) is 1. The molecule has 1 aliphatic heterocycles. The molecule has 1 saturated carbocycles. The quantitative estimate of drug-likeness (QED) is 0.832. The molecule has 0 aromatic carbocycles. The molecule has 1 heterocycles. The minimum atomic E-state index is 0.661. The van der Waals surface area contributed by atoms with Crippen LogP contribution in [-0.4, -0.2) is 36.6 Å². The first-order valence-electron chi connectivity index (χ1n) is 6.88. The van der Waals surface area contributed by atoms with Gasteiger partial charge >= 0.3 is 0 Å². The van der Waals surface area contributed by atoms with E-state index in [-0.39, 0.29) is 0 Å². The first kappa shape index (κ1) is 13.4. The zero-order chi connectivity index (χ0) is 12.4. The van der Waals surface area contributed by atoms with Gasteiger partial charge < -0.3 is 10.2 Å². The largest absolute Gasteiger partial charge is 0.308 e. The molecule has 1 N–H and O–H groups in total. The Labute approximate surface area is 110 Å². The van der Waals surface area contributed by atoms with Crippen molar-refractivity contribution in [2.24, 2.45) is 11.8 Å². The Morgan fingerprint density at radius 1 is 1.35 bits per heavy atom. The molecule has 98 valence electrons. The molecule has 17 heavy (non-hydrogen) atoms. The zero-order valence-corrected chi connectivity index (χ0v) is 11.8. The summed E-state index contributed by atoms with van der Waals surface area (Å²) in [5, 5.41) is 4.36. The number of fused-ring (bicyclic) bond motifs is 2. The van der Waals surface area contributed by atoms with Crippen molar-refractivity contribution >= 4 is 11.6 Å². The Hall–Kier alpha value is -0.0500. The smallest absolute Gasteiger partial charge is 0.0310 e. The summed E-state index contributed by atoms with van der Waals surface area (Å²) in [6.45, 7) is 11.7. The summed E-state index contributed by atoms with van der Waals surface area (Å²) in [5.74, 6) is 1.61. The molecule has 0 aromatic rings. The van der Waals surface area contributed by atoms with E-state index in [9.17, 15) is 0 Å². The second-order valence-electron chi connectivity index (χ2n) is 5.92. The maximum atomic E-state index is 5.87. The van der Waals surface area contributed by atoms with E-state index >= 15 is 0 Å². The van der Waals surface area contributed by atoms with Gasteiger partial charge in [0, 0.05) is 36.8 Å². The lowest BCUT2D eigenvalue weighted by Gasteiger charge is -2.49. The number of nitrogens with zero attached hydrogens (tertiary/aromatic N) is 1. The van der Waals surface area contributed by atoms with E-state index in [1.807, 2.05) is 0 Å². The van der Waals surface area contributed by atoms with Gasteiger partial charge in [0.1, 0.15) is 0 Å². The molecule has 0 spiro atoms. The Bertz CT molecular complexity index is 263. The van der Waals surface area contributed by atoms with E-state index in [1.54, 1.807) is 0 Å². The molecular formula is C14H25ClN2. The summed E-state index contributed by atoms with van der Waals surface area (Å²) in [6, 6.07) is 1.34. The predicted octanol–water partition coefficient (Wildman–Crippen LogP) is 2.84. The van der Waals surface area contributed by atoms with E-state index in [0.29, 0.717) is 12.1 Å². The Morgan fingerprint density at radius 3 is 2.41 bits per heavy atom. The van der Waals surface area contributed by atoms with Crippen LogP contribution in [0.3, 0.4) is 0 Å². The van der Waals surface area contributed by atoms with Crippen molar-refractivity contribution in [2.45, 2.75) is 45.2 Å². The number of hydrogen-bond acceptors (Lipinski definition) is 2. The third-order valence-electron chi connectivity index (χ3n) is 4.36. The first-order valence-corrected chi connectivity index (χ1v) is 7.26. The average molecular weight is 257 g/mol. The number of likely N-dealkylation sites (tertiary alicyclic amines) is 1. The van der Waals surface area contributed by atoms with Crippen molar-refractivity contribution < 1.29 is 0 Å². The van der Waals surface area contributed by atoms with Crippen LogP contribution >= 0.6 is 11.6 Å². The van der Waals surface area contributed by atoms with Gasteiger partial charge in [-0.1, -0.05) is 24.6 Å². The van der Waals surface area contributed by atoms with Gasteiger partial charge in [-0.3, -0.25) is 0 Å². The summed E-state index contributed by atoms with van der Waals surface area (Å²) in [5.41, 5.74) is 0. The molecule has 3 heteroatoms. The van der Waals surface area contributed by atoms with E-state index in [1.165, 1.54) is 32.4 Å². The standard InChI is InChI=1S/C14H25ClN2/c1-10(2)17-8-12-5-4-6-13(9-17)14(12)16-7-11(3)15/h10,12-14,16H,3-9H2,1-2H3. The van der Waals surface area contributed by atoms with Gasteiger partial charge in [-0.2, -0.15) is 0 Å². The van der Waals surface area contributed by atoms with Crippen molar-refractivity contribution in [3.05, 3.63) is 11.6 Å². The van der Waals surface area contributed by atoms with Crippen LogP contribution in [0.5, 0.6) is 0 Å². The lowest BCUT2D eigenvalue weighted by molar-refractivity contribution is 0.0310. The van der Waals surface area contributed by atoms with Gasteiger partial charge in [-0.25, -0.2) is 0 Å². The molecule has 2 aliphatic rings. The Morgan fingerprint density at radius 2 is 1.94 bits per heavy atom. The van der Waals surface area contributed by atoms with Gasteiger partial charge in [0.05, 0.1) is 0 Å².